The highest BCUT2D eigenvalue weighted by molar-refractivity contribution is 5.89. The molecule has 8 nitrogen and oxygen atoms in total. The van der Waals surface area contributed by atoms with Crippen LogP contribution in [-0.2, 0) is 19.2 Å². The largest absolute Gasteiger partial charge is 0.481 e. The molecule has 8 atom stereocenters. The molecule has 2 aliphatic carbocycles. The van der Waals surface area contributed by atoms with Crippen LogP contribution >= 0.6 is 0 Å². The number of likely N-dealkylation sites (tertiary alicyclic amines) is 3. The van der Waals surface area contributed by atoms with E-state index >= 15 is 0 Å². The molecule has 0 bridgehead atoms. The van der Waals surface area contributed by atoms with Gasteiger partial charge in [-0.15, -0.1) is 0 Å². The first-order valence-electron chi connectivity index (χ1n) is 18.0. The van der Waals surface area contributed by atoms with Crippen molar-refractivity contribution in [3.8, 4) is 0 Å². The summed E-state index contributed by atoms with van der Waals surface area (Å²) < 4.78 is 0. The molecular weight excluding hydrogens is 554 g/mol. The van der Waals surface area contributed by atoms with Crippen molar-refractivity contribution >= 4 is 23.7 Å². The molecule has 1 N–H and O–H groups in total. The number of rotatable bonds is 6. The predicted molar refractivity (Wildman–Crippen MR) is 173 cm³/mol. The quantitative estimate of drug-likeness (QED) is 0.391. The minimum Gasteiger partial charge on any atom is -0.481 e. The van der Waals surface area contributed by atoms with Gasteiger partial charge in [0.15, 0.2) is 0 Å². The summed E-state index contributed by atoms with van der Waals surface area (Å²) in [6.45, 7) is 16.4. The Morgan fingerprint density at radius 2 is 1.11 bits per heavy atom. The Morgan fingerprint density at radius 1 is 0.682 bits per heavy atom. The summed E-state index contributed by atoms with van der Waals surface area (Å²) in [6, 6.07) is 0.596. The van der Waals surface area contributed by atoms with E-state index in [2.05, 4.69) is 46.4 Å². The standard InChI is InChI=1S/C21H36N2O2.C15H25NO3/c1-15(2)18-9-8-16(3)12-19(18)23-14-17(13-20(23)24)21(25)22-10-6-4-5-7-11-22;1-9(2)12-5-4-10(3)6-13(12)16-8-11(15(18)19)7-14(16)17/h15-19H,4-14H2,1-3H3;9-13H,4-8H2,1-3H3,(H,18,19). The van der Waals surface area contributed by atoms with Gasteiger partial charge in [-0.3, -0.25) is 19.2 Å². The van der Waals surface area contributed by atoms with Gasteiger partial charge in [-0.2, -0.15) is 0 Å². The number of carbonyl (C=O) groups is 4. The predicted octanol–water partition coefficient (Wildman–Crippen LogP) is 6.08. The summed E-state index contributed by atoms with van der Waals surface area (Å²) in [5.74, 6) is 2.65. The number of nitrogens with zero attached hydrogens (tertiary/aromatic N) is 3. The summed E-state index contributed by atoms with van der Waals surface area (Å²) in [5.41, 5.74) is 0. The van der Waals surface area contributed by atoms with Crippen LogP contribution in [0.4, 0.5) is 0 Å². The molecule has 3 heterocycles. The van der Waals surface area contributed by atoms with Crippen LogP contribution in [0.1, 0.15) is 119 Å². The van der Waals surface area contributed by atoms with E-state index < -0.39 is 11.9 Å². The van der Waals surface area contributed by atoms with Gasteiger partial charge in [-0.1, -0.05) is 67.2 Å². The van der Waals surface area contributed by atoms with Crippen molar-refractivity contribution in [3.63, 3.8) is 0 Å². The van der Waals surface area contributed by atoms with E-state index in [-0.39, 0.29) is 36.1 Å². The van der Waals surface area contributed by atoms with E-state index in [1.54, 1.807) is 0 Å². The number of hydrogen-bond donors (Lipinski definition) is 1. The van der Waals surface area contributed by atoms with Gasteiger partial charge in [0, 0.05) is 51.1 Å². The van der Waals surface area contributed by atoms with Gasteiger partial charge in [0.25, 0.3) is 0 Å². The summed E-state index contributed by atoms with van der Waals surface area (Å²) >= 11 is 0. The fourth-order valence-corrected chi connectivity index (χ4v) is 9.00. The lowest BCUT2D eigenvalue weighted by atomic mass is 9.73. The summed E-state index contributed by atoms with van der Waals surface area (Å²) in [5, 5.41) is 9.10. The maximum atomic E-state index is 13.0. The average molecular weight is 616 g/mol. The second-order valence-electron chi connectivity index (χ2n) is 15.8. The molecule has 0 aromatic rings. The number of aliphatic carboxylic acids is 1. The van der Waals surface area contributed by atoms with Crippen molar-refractivity contribution < 1.29 is 24.3 Å². The fraction of sp³-hybridized carbons (Fsp3) is 0.889. The normalized spacial score (nSPS) is 35.1. The van der Waals surface area contributed by atoms with Crippen LogP contribution in [0.5, 0.6) is 0 Å². The topological polar surface area (TPSA) is 98.2 Å². The first-order chi connectivity index (χ1) is 20.9. The third-order valence-electron chi connectivity index (χ3n) is 11.7. The number of carboxylic acid groups (broad SMARTS) is 1. The molecule has 250 valence electrons. The molecule has 3 aliphatic heterocycles. The van der Waals surface area contributed by atoms with Crippen LogP contribution in [0.15, 0.2) is 0 Å². The Morgan fingerprint density at radius 3 is 1.52 bits per heavy atom. The number of amides is 3. The van der Waals surface area contributed by atoms with E-state index in [0.29, 0.717) is 61.1 Å². The van der Waals surface area contributed by atoms with Crippen LogP contribution < -0.4 is 0 Å². The Kier molecular flexibility index (Phi) is 12.2. The number of carboxylic acids is 1. The molecule has 0 radical (unpaired) electrons. The lowest BCUT2D eigenvalue weighted by Crippen LogP contribution is -2.47. The molecule has 8 heteroatoms. The van der Waals surface area contributed by atoms with Crippen molar-refractivity contribution in [3.05, 3.63) is 0 Å². The van der Waals surface area contributed by atoms with E-state index in [9.17, 15) is 19.2 Å². The third-order valence-corrected chi connectivity index (χ3v) is 11.7. The second kappa shape index (κ2) is 15.4. The Balaban J connectivity index is 0.000000209. The van der Waals surface area contributed by atoms with Crippen molar-refractivity contribution in [1.82, 2.24) is 14.7 Å². The van der Waals surface area contributed by atoms with Gasteiger partial charge < -0.3 is 19.8 Å². The zero-order chi connectivity index (χ0) is 32.1. The Bertz CT molecular complexity index is 1010. The van der Waals surface area contributed by atoms with Gasteiger partial charge >= 0.3 is 5.97 Å². The average Bonchev–Trinajstić information content (AvgIpc) is 3.43. The van der Waals surface area contributed by atoms with E-state index in [1.165, 1.54) is 32.1 Å². The molecule has 3 saturated heterocycles. The van der Waals surface area contributed by atoms with E-state index in [4.69, 9.17) is 5.11 Å². The lowest BCUT2D eigenvalue weighted by molar-refractivity contribution is -0.141. The number of carbonyl (C=O) groups excluding carboxylic acids is 3. The fourth-order valence-electron chi connectivity index (χ4n) is 9.00. The van der Waals surface area contributed by atoms with Gasteiger partial charge in [0.2, 0.25) is 17.7 Å². The molecule has 8 unspecified atom stereocenters. The maximum Gasteiger partial charge on any atom is 0.308 e. The van der Waals surface area contributed by atoms with Gasteiger partial charge in [-0.05, 0) is 74.0 Å². The van der Waals surface area contributed by atoms with Crippen LogP contribution in [0.2, 0.25) is 0 Å². The van der Waals surface area contributed by atoms with E-state index in [1.807, 2.05) is 9.80 Å². The van der Waals surface area contributed by atoms with Gasteiger partial charge in [0.05, 0.1) is 11.8 Å². The molecular formula is C36H61N3O5. The van der Waals surface area contributed by atoms with Crippen molar-refractivity contribution in [2.24, 2.45) is 47.3 Å². The molecule has 44 heavy (non-hydrogen) atoms. The summed E-state index contributed by atoms with van der Waals surface area (Å²) in [4.78, 5) is 54.9. The molecule has 5 aliphatic rings. The van der Waals surface area contributed by atoms with Crippen molar-refractivity contribution in [2.75, 3.05) is 26.2 Å². The minimum absolute atomic E-state index is 0.0390. The Hall–Kier alpha value is -2.12. The molecule has 0 aromatic carbocycles. The SMILES string of the molecule is CC1CCC(C(C)C)C(N2CC(C(=O)N3CCCCCC3)CC2=O)C1.CC1CCC(C(C)C)C(N2CC(C(=O)O)CC2=O)C1. The summed E-state index contributed by atoms with van der Waals surface area (Å²) in [7, 11) is 0. The van der Waals surface area contributed by atoms with Crippen molar-refractivity contribution in [2.45, 2.75) is 131 Å². The molecule has 0 aromatic heterocycles. The molecule has 0 spiro atoms. The van der Waals surface area contributed by atoms with Crippen LogP contribution in [0.25, 0.3) is 0 Å². The van der Waals surface area contributed by atoms with Crippen LogP contribution in [0.3, 0.4) is 0 Å². The zero-order valence-electron chi connectivity index (χ0n) is 28.5. The van der Waals surface area contributed by atoms with Crippen LogP contribution in [0, 0.1) is 47.3 Å². The first kappa shape index (κ1) is 34.7. The summed E-state index contributed by atoms with van der Waals surface area (Å²) in [6.07, 6.45) is 12.3. The number of hydrogen-bond acceptors (Lipinski definition) is 4. The zero-order valence-corrected chi connectivity index (χ0v) is 28.5. The maximum absolute atomic E-state index is 13.0. The first-order valence-corrected chi connectivity index (χ1v) is 18.0. The molecule has 3 amide bonds. The lowest BCUT2D eigenvalue weighted by Gasteiger charge is -2.42. The Labute approximate surface area is 266 Å². The second-order valence-corrected chi connectivity index (χ2v) is 15.8. The molecule has 2 saturated carbocycles. The van der Waals surface area contributed by atoms with Gasteiger partial charge in [-0.25, -0.2) is 0 Å². The highest BCUT2D eigenvalue weighted by Gasteiger charge is 2.45. The highest BCUT2D eigenvalue weighted by Crippen LogP contribution is 2.40. The highest BCUT2D eigenvalue weighted by atomic mass is 16.4. The molecule has 5 rings (SSSR count). The smallest absolute Gasteiger partial charge is 0.308 e. The van der Waals surface area contributed by atoms with E-state index in [0.717, 1.165) is 45.2 Å². The van der Waals surface area contributed by atoms with Crippen LogP contribution in [-0.4, -0.2) is 81.8 Å². The minimum atomic E-state index is -0.833. The monoisotopic (exact) mass is 615 g/mol. The third kappa shape index (κ3) is 8.37. The molecule has 5 fully saturated rings. The van der Waals surface area contributed by atoms with Gasteiger partial charge in [0.1, 0.15) is 0 Å². The van der Waals surface area contributed by atoms with Crippen molar-refractivity contribution in [1.29, 1.82) is 0 Å².